The molecule has 3 aromatic carbocycles. The van der Waals surface area contributed by atoms with E-state index in [1.54, 1.807) is 25.4 Å². The Hall–Kier alpha value is -4.98. The zero-order chi connectivity index (χ0) is 32.6. The van der Waals surface area contributed by atoms with Crippen LogP contribution in [0.5, 0.6) is 17.5 Å². The number of rotatable bonds is 6. The molecule has 4 aliphatic heterocycles. The van der Waals surface area contributed by atoms with Crippen LogP contribution in [0.25, 0.3) is 32.9 Å². The van der Waals surface area contributed by atoms with Gasteiger partial charge in [-0.25, -0.2) is 4.39 Å². The summed E-state index contributed by atoms with van der Waals surface area (Å²) in [7, 11) is 1.71. The fourth-order valence-electron chi connectivity index (χ4n) is 8.65. The maximum atomic E-state index is 17.0. The number of nitrogens with one attached hydrogen (secondary N) is 1. The average molecular weight is 643 g/mol. The number of ether oxygens (including phenoxy) is 2. The lowest BCUT2D eigenvalue weighted by Crippen LogP contribution is -2.51. The first-order chi connectivity index (χ1) is 23.5. The molecule has 10 heteroatoms. The van der Waals surface area contributed by atoms with Gasteiger partial charge in [0.25, 0.3) is 0 Å². The van der Waals surface area contributed by atoms with Gasteiger partial charge in [0.2, 0.25) is 0 Å². The molecule has 0 radical (unpaired) electrons. The van der Waals surface area contributed by atoms with Crippen molar-refractivity contribution in [3.8, 4) is 41.1 Å². The number of aromatic hydroxyl groups is 1. The van der Waals surface area contributed by atoms with Crippen molar-refractivity contribution in [1.29, 1.82) is 0 Å². The first kappa shape index (κ1) is 29.2. The Bertz CT molecular complexity index is 2160. The van der Waals surface area contributed by atoms with Crippen LogP contribution in [0.15, 0.2) is 54.7 Å². The molecule has 4 aliphatic rings. The summed E-state index contributed by atoms with van der Waals surface area (Å²) in [5.74, 6) is 3.58. The largest absolute Gasteiger partial charge is 0.508 e. The van der Waals surface area contributed by atoms with Gasteiger partial charge in [-0.3, -0.25) is 9.88 Å². The molecule has 2 bridgehead atoms. The zero-order valence-electron chi connectivity index (χ0n) is 26.7. The Labute approximate surface area is 277 Å². The number of phenols is 1. The number of piperazine rings is 1. The van der Waals surface area contributed by atoms with Crippen molar-refractivity contribution in [3.63, 3.8) is 0 Å². The Kier molecular flexibility index (Phi) is 6.71. The summed E-state index contributed by atoms with van der Waals surface area (Å²) >= 11 is 0. The summed E-state index contributed by atoms with van der Waals surface area (Å²) < 4.78 is 29.3. The Morgan fingerprint density at radius 2 is 1.96 bits per heavy atom. The number of aromatic nitrogens is 3. The first-order valence-electron chi connectivity index (χ1n) is 16.6. The van der Waals surface area contributed by atoms with Crippen LogP contribution in [0.1, 0.15) is 42.4 Å². The van der Waals surface area contributed by atoms with Crippen LogP contribution in [0.3, 0.4) is 0 Å². The number of pyridine rings is 1. The molecule has 0 aliphatic carbocycles. The summed E-state index contributed by atoms with van der Waals surface area (Å²) in [5, 5.41) is 16.2. The molecule has 3 atom stereocenters. The van der Waals surface area contributed by atoms with Gasteiger partial charge in [-0.05, 0) is 67.4 Å². The molecule has 0 amide bonds. The van der Waals surface area contributed by atoms with Gasteiger partial charge < -0.3 is 24.8 Å². The first-order valence-corrected chi connectivity index (χ1v) is 16.6. The van der Waals surface area contributed by atoms with E-state index < -0.39 is 5.82 Å². The number of hydrogen-bond acceptors (Lipinski definition) is 9. The molecule has 3 unspecified atom stereocenters. The van der Waals surface area contributed by atoms with Gasteiger partial charge in [-0.1, -0.05) is 30.2 Å². The predicted molar refractivity (Wildman–Crippen MR) is 182 cm³/mol. The molecule has 3 saturated heterocycles. The third kappa shape index (κ3) is 4.41. The second kappa shape index (κ2) is 11.0. The molecule has 3 fully saturated rings. The number of anilines is 1. The summed E-state index contributed by atoms with van der Waals surface area (Å²) in [6.45, 7) is 3.57. The molecular formula is C38H35FN6O3. The molecule has 9 nitrogen and oxygen atoms in total. The highest BCUT2D eigenvalue weighted by atomic mass is 19.1. The van der Waals surface area contributed by atoms with Gasteiger partial charge in [0.15, 0.2) is 5.82 Å². The zero-order valence-corrected chi connectivity index (χ0v) is 26.7. The van der Waals surface area contributed by atoms with Crippen molar-refractivity contribution in [3.05, 3.63) is 77.2 Å². The number of methoxy groups -OCH3 is 1. The van der Waals surface area contributed by atoms with Crippen molar-refractivity contribution < 1.29 is 19.0 Å². The van der Waals surface area contributed by atoms with E-state index in [0.717, 1.165) is 57.6 Å². The number of fused-ring (bicyclic) bond motifs is 7. The average Bonchev–Trinajstić information content (AvgIpc) is 3.77. The van der Waals surface area contributed by atoms with Gasteiger partial charge in [-0.15, -0.1) is 6.42 Å². The minimum Gasteiger partial charge on any atom is -0.508 e. The fourth-order valence-corrected chi connectivity index (χ4v) is 8.65. The van der Waals surface area contributed by atoms with Gasteiger partial charge >= 0.3 is 6.01 Å². The second-order valence-electron chi connectivity index (χ2n) is 13.4. The van der Waals surface area contributed by atoms with Crippen LogP contribution >= 0.6 is 0 Å². The van der Waals surface area contributed by atoms with E-state index >= 15 is 4.39 Å². The maximum Gasteiger partial charge on any atom is 0.319 e. The molecule has 2 aromatic heterocycles. The van der Waals surface area contributed by atoms with Crippen molar-refractivity contribution in [2.45, 2.75) is 49.9 Å². The van der Waals surface area contributed by atoms with Crippen LogP contribution < -0.4 is 19.7 Å². The number of nitrogens with zero attached hydrogens (tertiary/aromatic N) is 5. The van der Waals surface area contributed by atoms with E-state index in [0.29, 0.717) is 51.8 Å². The summed E-state index contributed by atoms with van der Waals surface area (Å²) in [5.41, 5.74) is 3.21. The van der Waals surface area contributed by atoms with E-state index in [4.69, 9.17) is 25.9 Å². The van der Waals surface area contributed by atoms with E-state index in [2.05, 4.69) is 32.1 Å². The van der Waals surface area contributed by atoms with Crippen molar-refractivity contribution in [2.75, 3.05) is 38.3 Å². The lowest BCUT2D eigenvalue weighted by molar-refractivity contribution is 0.0825. The van der Waals surface area contributed by atoms with Gasteiger partial charge in [0.1, 0.15) is 35.1 Å². The maximum absolute atomic E-state index is 17.0. The molecular weight excluding hydrogens is 607 g/mol. The molecule has 9 rings (SSSR count). The van der Waals surface area contributed by atoms with Crippen molar-refractivity contribution >= 4 is 27.5 Å². The van der Waals surface area contributed by atoms with E-state index in [-0.39, 0.29) is 28.5 Å². The molecule has 0 spiro atoms. The molecule has 0 saturated carbocycles. The Morgan fingerprint density at radius 1 is 1.12 bits per heavy atom. The normalized spacial score (nSPS) is 23.0. The third-order valence-electron chi connectivity index (χ3n) is 10.8. The highest BCUT2D eigenvalue weighted by Crippen LogP contribution is 2.49. The summed E-state index contributed by atoms with van der Waals surface area (Å²) in [6, 6.07) is 15.6. The number of phenolic OH excluding ortho intramolecular Hbond substituents is 1. The second-order valence-corrected chi connectivity index (χ2v) is 13.4. The van der Waals surface area contributed by atoms with Crippen LogP contribution in [0.4, 0.5) is 10.2 Å². The SMILES string of the molecule is C#Cc1cccc2cc(O)cc(-c3ncc4c(N5CC6CCC(C5)N6)nc(OCC56CCCN5Cc5c(OC)cccc56)nc4c3F)c12. The lowest BCUT2D eigenvalue weighted by Gasteiger charge is -2.35. The molecule has 5 aromatic rings. The molecule has 242 valence electrons. The number of halogens is 1. The lowest BCUT2D eigenvalue weighted by atomic mass is 9.88. The highest BCUT2D eigenvalue weighted by Gasteiger charge is 2.50. The molecule has 2 N–H and O–H groups in total. The number of terminal acetylenes is 1. The van der Waals surface area contributed by atoms with Gasteiger partial charge in [0, 0.05) is 60.0 Å². The third-order valence-corrected chi connectivity index (χ3v) is 10.8. The van der Waals surface area contributed by atoms with Gasteiger partial charge in [-0.2, -0.15) is 9.97 Å². The van der Waals surface area contributed by atoms with Gasteiger partial charge in [0.05, 0.1) is 18.0 Å². The van der Waals surface area contributed by atoms with Crippen LogP contribution in [-0.2, 0) is 12.1 Å². The smallest absolute Gasteiger partial charge is 0.319 e. The quantitative estimate of drug-likeness (QED) is 0.233. The molecule has 48 heavy (non-hydrogen) atoms. The number of hydrogen-bond donors (Lipinski definition) is 2. The van der Waals surface area contributed by atoms with Crippen molar-refractivity contribution in [2.24, 2.45) is 0 Å². The van der Waals surface area contributed by atoms with Crippen LogP contribution in [-0.4, -0.2) is 70.4 Å². The highest BCUT2D eigenvalue weighted by molar-refractivity contribution is 6.02. The summed E-state index contributed by atoms with van der Waals surface area (Å²) in [4.78, 5) is 19.0. The number of benzene rings is 3. The fraction of sp³-hybridized carbons (Fsp3) is 0.342. The standard InChI is InChI=1S/C38H35FN6O3/c1-3-22-7-4-8-23-15-26(46)16-27(32(22)23)34-33(39)35-28(17-40-34)36(44-18-24-11-12-25(19-44)41-24)43-37(42-35)48-21-38-13-6-14-45(38)20-29-30(38)9-5-10-31(29)47-2/h1,4-5,7-10,15-17,24-25,41,46H,6,11-14,18-21H2,2H3. The van der Waals surface area contributed by atoms with Crippen LogP contribution in [0.2, 0.25) is 0 Å². The van der Waals surface area contributed by atoms with E-state index in [1.807, 2.05) is 24.3 Å². The van der Waals surface area contributed by atoms with E-state index in [1.165, 1.54) is 17.2 Å². The topological polar surface area (TPSA) is 95.9 Å². The predicted octanol–water partition coefficient (Wildman–Crippen LogP) is 5.50. The van der Waals surface area contributed by atoms with Crippen LogP contribution in [0, 0.1) is 18.2 Å². The minimum absolute atomic E-state index is 0.00879. The summed E-state index contributed by atoms with van der Waals surface area (Å²) in [6.07, 6.45) is 11.7. The Morgan fingerprint density at radius 3 is 2.77 bits per heavy atom. The minimum atomic E-state index is -0.616. The molecule has 6 heterocycles. The Balaban J connectivity index is 1.18. The van der Waals surface area contributed by atoms with Crippen molar-refractivity contribution in [1.82, 2.24) is 25.2 Å². The monoisotopic (exact) mass is 642 g/mol. The van der Waals surface area contributed by atoms with E-state index in [9.17, 15) is 5.11 Å².